The van der Waals surface area contributed by atoms with Gasteiger partial charge in [0, 0.05) is 17.8 Å². The first-order valence-corrected chi connectivity index (χ1v) is 10.3. The van der Waals surface area contributed by atoms with E-state index in [0.29, 0.717) is 16.7 Å². The Morgan fingerprint density at radius 3 is 2.79 bits per heavy atom. The van der Waals surface area contributed by atoms with Crippen molar-refractivity contribution in [2.45, 2.75) is 18.6 Å². The minimum absolute atomic E-state index is 0.190. The zero-order valence-corrected chi connectivity index (χ0v) is 17.7. The highest BCUT2D eigenvalue weighted by Crippen LogP contribution is 2.16. The number of hydrazone groups is 1. The highest BCUT2D eigenvalue weighted by atomic mass is 35.5. The van der Waals surface area contributed by atoms with Crippen LogP contribution in [0.2, 0.25) is 5.02 Å². The van der Waals surface area contributed by atoms with Crippen molar-refractivity contribution in [1.29, 1.82) is 0 Å². The summed E-state index contributed by atoms with van der Waals surface area (Å²) in [5, 5.41) is 17.0. The summed E-state index contributed by atoms with van der Waals surface area (Å²) in [6, 6.07) is 15.3. The smallest absolute Gasteiger partial charge is 0.250 e. The van der Waals surface area contributed by atoms with Gasteiger partial charge in [-0.1, -0.05) is 47.6 Å². The summed E-state index contributed by atoms with van der Waals surface area (Å²) in [4.78, 5) is 12.0. The molecule has 0 unspecified atom stereocenters. The van der Waals surface area contributed by atoms with Gasteiger partial charge in [0.2, 0.25) is 0 Å². The molecular weight excluding hydrogens is 408 g/mol. The normalized spacial score (nSPS) is 11.0. The minimum Gasteiger partial charge on any atom is -0.378 e. The lowest BCUT2D eigenvalue weighted by Crippen LogP contribution is -2.20. The number of nitrogens with one attached hydrogen (secondary N) is 2. The second-order valence-corrected chi connectivity index (χ2v) is 7.69. The molecule has 0 spiro atoms. The fourth-order valence-corrected chi connectivity index (χ4v) is 3.30. The Bertz CT molecular complexity index is 1000. The fraction of sp³-hybridized carbons (Fsp3) is 0.200. The van der Waals surface area contributed by atoms with Gasteiger partial charge in [0.15, 0.2) is 11.0 Å². The van der Waals surface area contributed by atoms with E-state index in [2.05, 4.69) is 32.1 Å². The van der Waals surface area contributed by atoms with Crippen LogP contribution in [0, 0.1) is 6.92 Å². The summed E-state index contributed by atoms with van der Waals surface area (Å²) in [5.41, 5.74) is 5.57. The van der Waals surface area contributed by atoms with Crippen molar-refractivity contribution >= 4 is 41.2 Å². The molecule has 0 fully saturated rings. The third-order valence-electron chi connectivity index (χ3n) is 4.00. The summed E-state index contributed by atoms with van der Waals surface area (Å²) in [6.07, 6.45) is 1.57. The SMILES string of the molecule is Cc1cccc(NCc2nnc(SCC(=O)N/N=C/c3ccc(Cl)cc3)n2C)c1. The summed E-state index contributed by atoms with van der Waals surface area (Å²) in [7, 11) is 1.88. The van der Waals surface area contributed by atoms with Gasteiger partial charge in [0.05, 0.1) is 18.5 Å². The van der Waals surface area contributed by atoms with Crippen molar-refractivity contribution in [2.75, 3.05) is 11.1 Å². The van der Waals surface area contributed by atoms with Crippen LogP contribution in [-0.4, -0.2) is 32.6 Å². The summed E-state index contributed by atoms with van der Waals surface area (Å²) in [6.45, 7) is 2.60. The predicted molar refractivity (Wildman–Crippen MR) is 117 cm³/mol. The van der Waals surface area contributed by atoms with Crippen LogP contribution in [0.1, 0.15) is 17.0 Å². The fourth-order valence-electron chi connectivity index (χ4n) is 2.45. The van der Waals surface area contributed by atoms with E-state index < -0.39 is 0 Å². The van der Waals surface area contributed by atoms with Crippen LogP contribution in [0.25, 0.3) is 0 Å². The van der Waals surface area contributed by atoms with E-state index >= 15 is 0 Å². The van der Waals surface area contributed by atoms with Crippen molar-refractivity contribution in [3.63, 3.8) is 0 Å². The number of hydrogen-bond acceptors (Lipinski definition) is 6. The van der Waals surface area contributed by atoms with Gasteiger partial charge >= 0.3 is 0 Å². The van der Waals surface area contributed by atoms with E-state index in [1.807, 2.05) is 48.9 Å². The van der Waals surface area contributed by atoms with Crippen LogP contribution in [0.3, 0.4) is 0 Å². The zero-order valence-electron chi connectivity index (χ0n) is 16.1. The summed E-state index contributed by atoms with van der Waals surface area (Å²) in [5.74, 6) is 0.757. The first-order chi connectivity index (χ1) is 14.0. The van der Waals surface area contributed by atoms with Gasteiger partial charge in [-0.15, -0.1) is 10.2 Å². The zero-order chi connectivity index (χ0) is 20.6. The number of hydrogen-bond donors (Lipinski definition) is 2. The van der Waals surface area contributed by atoms with Crippen molar-refractivity contribution in [2.24, 2.45) is 12.1 Å². The van der Waals surface area contributed by atoms with Crippen molar-refractivity contribution in [3.8, 4) is 0 Å². The quantitative estimate of drug-likeness (QED) is 0.325. The standard InChI is InChI=1S/C20H21ClN6OS/c1-14-4-3-5-17(10-14)22-12-18-24-26-20(27(18)2)29-13-19(28)25-23-11-15-6-8-16(21)9-7-15/h3-11,22H,12-13H2,1-2H3,(H,25,28)/b23-11+. The molecule has 150 valence electrons. The molecule has 3 rings (SSSR count). The molecule has 1 heterocycles. The number of anilines is 1. The van der Waals surface area contributed by atoms with E-state index in [1.54, 1.807) is 18.3 Å². The molecule has 0 aliphatic rings. The molecule has 0 atom stereocenters. The Labute approximate surface area is 178 Å². The maximum absolute atomic E-state index is 12.0. The van der Waals surface area contributed by atoms with Crippen LogP contribution in [-0.2, 0) is 18.4 Å². The van der Waals surface area contributed by atoms with Crippen molar-refractivity contribution < 1.29 is 4.79 Å². The van der Waals surface area contributed by atoms with Gasteiger partial charge < -0.3 is 9.88 Å². The second kappa shape index (κ2) is 10.1. The highest BCUT2D eigenvalue weighted by molar-refractivity contribution is 7.99. The largest absolute Gasteiger partial charge is 0.378 e. The number of carbonyl (C=O) groups is 1. The predicted octanol–water partition coefficient (Wildman–Crippen LogP) is 3.63. The molecule has 9 heteroatoms. The van der Waals surface area contributed by atoms with Gasteiger partial charge in [-0.3, -0.25) is 4.79 Å². The molecule has 7 nitrogen and oxygen atoms in total. The molecule has 2 N–H and O–H groups in total. The van der Waals surface area contributed by atoms with Crippen LogP contribution in [0.4, 0.5) is 5.69 Å². The van der Waals surface area contributed by atoms with Crippen LogP contribution in [0.15, 0.2) is 58.8 Å². The van der Waals surface area contributed by atoms with E-state index in [-0.39, 0.29) is 11.7 Å². The number of aryl methyl sites for hydroxylation is 1. The monoisotopic (exact) mass is 428 g/mol. The maximum Gasteiger partial charge on any atom is 0.250 e. The molecule has 1 amide bonds. The maximum atomic E-state index is 12.0. The van der Waals surface area contributed by atoms with E-state index in [1.165, 1.54) is 17.3 Å². The number of aromatic nitrogens is 3. The molecule has 2 aromatic carbocycles. The Morgan fingerprint density at radius 1 is 1.24 bits per heavy atom. The van der Waals surface area contributed by atoms with Crippen molar-refractivity contribution in [1.82, 2.24) is 20.2 Å². The van der Waals surface area contributed by atoms with Gasteiger partial charge in [0.25, 0.3) is 5.91 Å². The molecular formula is C20H21ClN6OS. The van der Waals surface area contributed by atoms with Gasteiger partial charge in [-0.05, 0) is 42.3 Å². The first-order valence-electron chi connectivity index (χ1n) is 8.90. The van der Waals surface area contributed by atoms with Crippen LogP contribution < -0.4 is 10.7 Å². The Balaban J connectivity index is 1.46. The Hall–Kier alpha value is -2.84. The topological polar surface area (TPSA) is 84.2 Å². The number of rotatable bonds is 8. The number of halogens is 1. The molecule has 0 aliphatic carbocycles. The molecule has 0 saturated carbocycles. The van der Waals surface area contributed by atoms with Crippen LogP contribution in [0.5, 0.6) is 0 Å². The molecule has 3 aromatic rings. The Kier molecular flexibility index (Phi) is 7.26. The molecule has 29 heavy (non-hydrogen) atoms. The van der Waals surface area contributed by atoms with E-state index in [4.69, 9.17) is 11.6 Å². The first kappa shape index (κ1) is 20.9. The van der Waals surface area contributed by atoms with E-state index in [9.17, 15) is 4.79 Å². The molecule has 0 aliphatic heterocycles. The average Bonchev–Trinajstić information content (AvgIpc) is 3.06. The van der Waals surface area contributed by atoms with Gasteiger partial charge in [0.1, 0.15) is 0 Å². The Morgan fingerprint density at radius 2 is 2.03 bits per heavy atom. The third kappa shape index (κ3) is 6.33. The second-order valence-electron chi connectivity index (χ2n) is 6.31. The number of nitrogens with zero attached hydrogens (tertiary/aromatic N) is 4. The lowest BCUT2D eigenvalue weighted by molar-refractivity contribution is -0.118. The molecule has 0 bridgehead atoms. The minimum atomic E-state index is -0.220. The lowest BCUT2D eigenvalue weighted by atomic mass is 10.2. The molecule has 0 saturated heterocycles. The average molecular weight is 429 g/mol. The summed E-state index contributed by atoms with van der Waals surface area (Å²) >= 11 is 7.14. The number of amides is 1. The molecule has 1 aromatic heterocycles. The number of carbonyl (C=O) groups excluding carboxylic acids is 1. The van der Waals surface area contributed by atoms with Crippen LogP contribution >= 0.6 is 23.4 Å². The van der Waals surface area contributed by atoms with Gasteiger partial charge in [-0.25, -0.2) is 5.43 Å². The highest BCUT2D eigenvalue weighted by Gasteiger charge is 2.11. The third-order valence-corrected chi connectivity index (χ3v) is 5.27. The molecule has 0 radical (unpaired) electrons. The number of benzene rings is 2. The van der Waals surface area contributed by atoms with E-state index in [0.717, 1.165) is 17.1 Å². The lowest BCUT2D eigenvalue weighted by Gasteiger charge is -2.07. The summed E-state index contributed by atoms with van der Waals surface area (Å²) < 4.78 is 1.87. The number of thioether (sulfide) groups is 1. The van der Waals surface area contributed by atoms with Crippen molar-refractivity contribution in [3.05, 3.63) is 70.5 Å². The van der Waals surface area contributed by atoms with Gasteiger partial charge in [-0.2, -0.15) is 5.10 Å².